The lowest BCUT2D eigenvalue weighted by Crippen LogP contribution is -1.89. The van der Waals surface area contributed by atoms with Gasteiger partial charge < -0.3 is 0 Å². The summed E-state index contributed by atoms with van der Waals surface area (Å²) in [6, 6.07) is 9.97. The summed E-state index contributed by atoms with van der Waals surface area (Å²) in [6.07, 6.45) is 1.34. The lowest BCUT2D eigenvalue weighted by Gasteiger charge is -2.01. The third kappa shape index (κ3) is 1.55. The van der Waals surface area contributed by atoms with Crippen LogP contribution in [0.1, 0.15) is 0 Å². The first-order valence-electron chi connectivity index (χ1n) is 4.48. The number of carbonyl (C=O) groups excluding carboxylic acids is 1. The Morgan fingerprint density at radius 1 is 1.19 bits per heavy atom. The molecule has 5 heteroatoms. The first kappa shape index (κ1) is 10.0. The maximum Gasteiger partial charge on any atom is 0.296 e. The van der Waals surface area contributed by atoms with E-state index in [-0.39, 0.29) is 11.4 Å². The van der Waals surface area contributed by atoms with E-state index in [9.17, 15) is 14.9 Å². The monoisotopic (exact) mass is 214 g/mol. The standard InChI is InChI=1S/C11H6N2O3/c14-7-12-11-9-4-2-1-3-8(9)5-6-10(11)13(15)16/h1-6H. The van der Waals surface area contributed by atoms with Crippen LogP contribution in [-0.4, -0.2) is 11.0 Å². The van der Waals surface area contributed by atoms with Crippen molar-refractivity contribution in [2.75, 3.05) is 0 Å². The van der Waals surface area contributed by atoms with Crippen molar-refractivity contribution in [1.82, 2.24) is 0 Å². The Morgan fingerprint density at radius 3 is 2.62 bits per heavy atom. The van der Waals surface area contributed by atoms with Gasteiger partial charge in [-0.15, -0.1) is 0 Å². The number of nitro groups is 1. The van der Waals surface area contributed by atoms with E-state index < -0.39 is 4.92 Å². The number of hydrogen-bond donors (Lipinski definition) is 0. The summed E-state index contributed by atoms with van der Waals surface area (Å²) in [7, 11) is 0. The molecule has 0 bridgehead atoms. The number of fused-ring (bicyclic) bond motifs is 1. The molecule has 78 valence electrons. The van der Waals surface area contributed by atoms with E-state index in [0.717, 1.165) is 5.39 Å². The topological polar surface area (TPSA) is 72.6 Å². The molecular weight excluding hydrogens is 208 g/mol. The fourth-order valence-corrected chi connectivity index (χ4v) is 1.55. The van der Waals surface area contributed by atoms with E-state index in [0.29, 0.717) is 5.39 Å². The van der Waals surface area contributed by atoms with E-state index in [2.05, 4.69) is 4.99 Å². The van der Waals surface area contributed by atoms with Crippen LogP contribution >= 0.6 is 0 Å². The minimum Gasteiger partial charge on any atom is -0.258 e. The molecule has 0 radical (unpaired) electrons. The van der Waals surface area contributed by atoms with Crippen LogP contribution in [0.4, 0.5) is 11.4 Å². The van der Waals surface area contributed by atoms with Gasteiger partial charge in [0.1, 0.15) is 0 Å². The smallest absolute Gasteiger partial charge is 0.258 e. The third-order valence-electron chi connectivity index (χ3n) is 2.23. The van der Waals surface area contributed by atoms with Crippen molar-refractivity contribution < 1.29 is 9.72 Å². The highest BCUT2D eigenvalue weighted by Gasteiger charge is 2.15. The number of rotatable bonds is 2. The predicted molar refractivity (Wildman–Crippen MR) is 58.4 cm³/mol. The van der Waals surface area contributed by atoms with Crippen molar-refractivity contribution in [3.05, 3.63) is 46.5 Å². The van der Waals surface area contributed by atoms with Crippen molar-refractivity contribution in [3.8, 4) is 0 Å². The van der Waals surface area contributed by atoms with Gasteiger partial charge in [-0.25, -0.2) is 4.79 Å². The zero-order chi connectivity index (χ0) is 11.5. The molecule has 0 heterocycles. The van der Waals surface area contributed by atoms with Gasteiger partial charge in [0.15, 0.2) is 5.69 Å². The van der Waals surface area contributed by atoms with Gasteiger partial charge in [-0.05, 0) is 11.5 Å². The molecule has 0 N–H and O–H groups in total. The maximum absolute atomic E-state index is 10.8. The molecule has 16 heavy (non-hydrogen) atoms. The molecular formula is C11H6N2O3. The predicted octanol–water partition coefficient (Wildman–Crippen LogP) is 2.72. The average molecular weight is 214 g/mol. The van der Waals surface area contributed by atoms with Crippen molar-refractivity contribution in [2.24, 2.45) is 4.99 Å². The summed E-state index contributed by atoms with van der Waals surface area (Å²) in [5.74, 6) is 0. The van der Waals surface area contributed by atoms with E-state index in [4.69, 9.17) is 0 Å². The third-order valence-corrected chi connectivity index (χ3v) is 2.23. The van der Waals surface area contributed by atoms with E-state index in [1.807, 2.05) is 6.07 Å². The number of benzene rings is 2. The van der Waals surface area contributed by atoms with Gasteiger partial charge in [-0.3, -0.25) is 10.1 Å². The molecule has 0 aliphatic carbocycles. The van der Waals surface area contributed by atoms with Crippen LogP contribution in [0.3, 0.4) is 0 Å². The molecule has 0 unspecified atom stereocenters. The Labute approximate surface area is 90.2 Å². The summed E-state index contributed by atoms with van der Waals surface area (Å²) < 4.78 is 0. The van der Waals surface area contributed by atoms with Gasteiger partial charge in [0.2, 0.25) is 6.08 Å². The SMILES string of the molecule is O=C=Nc1c([N+](=O)[O-])ccc2ccccc12. The summed E-state index contributed by atoms with van der Waals surface area (Å²) >= 11 is 0. The normalized spacial score (nSPS) is 9.75. The van der Waals surface area contributed by atoms with E-state index in [1.165, 1.54) is 12.1 Å². The van der Waals surface area contributed by atoms with E-state index >= 15 is 0 Å². The summed E-state index contributed by atoms with van der Waals surface area (Å²) in [5, 5.41) is 12.1. The van der Waals surface area contributed by atoms with E-state index in [1.54, 1.807) is 24.3 Å². The number of nitrogens with zero attached hydrogens (tertiary/aromatic N) is 2. The van der Waals surface area contributed by atoms with Gasteiger partial charge in [-0.1, -0.05) is 24.3 Å². The fourth-order valence-electron chi connectivity index (χ4n) is 1.55. The Morgan fingerprint density at radius 2 is 1.94 bits per heavy atom. The average Bonchev–Trinajstić information content (AvgIpc) is 2.29. The molecule has 2 aromatic rings. The Bertz CT molecular complexity index is 616. The lowest BCUT2D eigenvalue weighted by molar-refractivity contribution is -0.383. The first-order valence-corrected chi connectivity index (χ1v) is 4.48. The second-order valence-electron chi connectivity index (χ2n) is 3.11. The summed E-state index contributed by atoms with van der Waals surface area (Å²) in [6.45, 7) is 0. The summed E-state index contributed by atoms with van der Waals surface area (Å²) in [4.78, 5) is 23.9. The van der Waals surface area contributed by atoms with Crippen LogP contribution in [0.25, 0.3) is 10.8 Å². The fraction of sp³-hybridized carbons (Fsp3) is 0. The molecule has 0 amide bonds. The highest BCUT2D eigenvalue weighted by atomic mass is 16.6. The molecule has 0 spiro atoms. The lowest BCUT2D eigenvalue weighted by atomic mass is 10.1. The molecule has 0 aliphatic rings. The van der Waals surface area contributed by atoms with Crippen molar-refractivity contribution in [1.29, 1.82) is 0 Å². The van der Waals surface area contributed by atoms with Crippen LogP contribution < -0.4 is 0 Å². The molecule has 2 aromatic carbocycles. The van der Waals surface area contributed by atoms with Crippen molar-refractivity contribution in [2.45, 2.75) is 0 Å². The number of hydrogen-bond acceptors (Lipinski definition) is 4. The summed E-state index contributed by atoms with van der Waals surface area (Å²) in [5.41, 5.74) is -0.139. The quantitative estimate of drug-likeness (QED) is 0.334. The van der Waals surface area contributed by atoms with Crippen LogP contribution in [0.15, 0.2) is 41.4 Å². The van der Waals surface area contributed by atoms with Gasteiger partial charge in [0.05, 0.1) is 4.92 Å². The van der Waals surface area contributed by atoms with Crippen molar-refractivity contribution in [3.63, 3.8) is 0 Å². The van der Waals surface area contributed by atoms with Gasteiger partial charge in [0, 0.05) is 11.5 Å². The Kier molecular flexibility index (Phi) is 2.45. The largest absolute Gasteiger partial charge is 0.296 e. The molecule has 5 nitrogen and oxygen atoms in total. The molecule has 0 saturated carbocycles. The number of aliphatic imine (C=N–C) groups is 1. The highest BCUT2D eigenvalue weighted by molar-refractivity contribution is 5.97. The van der Waals surface area contributed by atoms with Gasteiger partial charge in [0.25, 0.3) is 5.69 Å². The Balaban J connectivity index is 2.89. The molecule has 0 saturated heterocycles. The molecule has 0 fully saturated rings. The second-order valence-corrected chi connectivity index (χ2v) is 3.11. The molecule has 0 atom stereocenters. The van der Waals surface area contributed by atoms with Crippen LogP contribution in [0, 0.1) is 10.1 Å². The Hall–Kier alpha value is -2.52. The minimum atomic E-state index is -0.567. The van der Waals surface area contributed by atoms with Crippen LogP contribution in [0.2, 0.25) is 0 Å². The van der Waals surface area contributed by atoms with Crippen LogP contribution in [0.5, 0.6) is 0 Å². The molecule has 0 aliphatic heterocycles. The minimum absolute atomic E-state index is 0.0538. The zero-order valence-electron chi connectivity index (χ0n) is 8.08. The number of isocyanates is 1. The van der Waals surface area contributed by atoms with Crippen LogP contribution in [-0.2, 0) is 4.79 Å². The number of nitro benzene ring substituents is 1. The maximum atomic E-state index is 10.8. The van der Waals surface area contributed by atoms with Gasteiger partial charge in [-0.2, -0.15) is 4.99 Å². The van der Waals surface area contributed by atoms with Crippen molar-refractivity contribution >= 4 is 28.2 Å². The zero-order valence-corrected chi connectivity index (χ0v) is 8.08. The molecule has 0 aromatic heterocycles. The second kappa shape index (κ2) is 3.92. The molecule has 2 rings (SSSR count). The first-order chi connectivity index (χ1) is 7.74. The highest BCUT2D eigenvalue weighted by Crippen LogP contribution is 2.34. The van der Waals surface area contributed by atoms with Gasteiger partial charge >= 0.3 is 0 Å².